The fourth-order valence-corrected chi connectivity index (χ4v) is 4.80. The minimum Gasteiger partial charge on any atom is -0.480 e. The molecule has 13 nitrogen and oxygen atoms in total. The van der Waals surface area contributed by atoms with E-state index in [1.807, 2.05) is 6.07 Å². The molecule has 0 aliphatic carbocycles. The molecule has 0 radical (unpaired) electrons. The van der Waals surface area contributed by atoms with Gasteiger partial charge in [-0.25, -0.2) is 18.9 Å². The minimum absolute atomic E-state index is 0.113. The highest BCUT2D eigenvalue weighted by Gasteiger charge is 2.58. The van der Waals surface area contributed by atoms with Crippen molar-refractivity contribution in [3.63, 3.8) is 0 Å². The number of carbonyl (C=O) groups is 2. The average molecular weight is 614 g/mol. The molecule has 0 bridgehead atoms. The van der Waals surface area contributed by atoms with Crippen LogP contribution in [-0.2, 0) is 4.79 Å². The molecule has 4 aromatic heterocycles. The van der Waals surface area contributed by atoms with Crippen molar-refractivity contribution in [1.29, 1.82) is 5.26 Å². The third-order valence-corrected chi connectivity index (χ3v) is 7.17. The van der Waals surface area contributed by atoms with E-state index < -0.39 is 48.9 Å². The first-order chi connectivity index (χ1) is 20.8. The lowest BCUT2D eigenvalue weighted by Gasteiger charge is -2.29. The van der Waals surface area contributed by atoms with Gasteiger partial charge in [-0.15, -0.1) is 0 Å². The Bertz CT molecular complexity index is 1820. The van der Waals surface area contributed by atoms with E-state index in [0.717, 1.165) is 0 Å². The van der Waals surface area contributed by atoms with Crippen LogP contribution in [0.3, 0.4) is 0 Å². The van der Waals surface area contributed by atoms with Gasteiger partial charge in [0.2, 0.25) is 11.5 Å². The van der Waals surface area contributed by atoms with E-state index in [4.69, 9.17) is 10.5 Å². The van der Waals surface area contributed by atoms with Gasteiger partial charge in [0.05, 0.1) is 31.0 Å². The van der Waals surface area contributed by atoms with Gasteiger partial charge in [0.15, 0.2) is 5.82 Å². The summed E-state index contributed by atoms with van der Waals surface area (Å²) < 4.78 is 61.0. The number of nitrogens with zero attached hydrogens (tertiary/aromatic N) is 7. The Morgan fingerprint density at radius 3 is 2.59 bits per heavy atom. The molecule has 1 aliphatic heterocycles. The number of nitriles is 1. The molecule has 5 heterocycles. The molecule has 5 rings (SSSR count). The fourth-order valence-electron chi connectivity index (χ4n) is 4.80. The second-order valence-corrected chi connectivity index (χ2v) is 10.1. The van der Waals surface area contributed by atoms with Crippen LogP contribution in [0.1, 0.15) is 22.8 Å². The number of hydrogen-bond acceptors (Lipinski definition) is 10. The number of pyridine rings is 2. The van der Waals surface area contributed by atoms with Gasteiger partial charge in [-0.2, -0.15) is 23.5 Å². The van der Waals surface area contributed by atoms with Crippen molar-refractivity contribution in [3.05, 3.63) is 54.2 Å². The second kappa shape index (κ2) is 11.0. The molecule has 1 fully saturated rings. The zero-order chi connectivity index (χ0) is 32.0. The molecule has 228 valence electrons. The van der Waals surface area contributed by atoms with E-state index in [-0.39, 0.29) is 24.2 Å². The molecule has 0 spiro atoms. The summed E-state index contributed by atoms with van der Waals surface area (Å²) >= 11 is 0. The Morgan fingerprint density at radius 2 is 1.91 bits per heavy atom. The summed E-state index contributed by atoms with van der Waals surface area (Å²) in [4.78, 5) is 38.5. The molecule has 2 amide bonds. The monoisotopic (exact) mass is 613 g/mol. The number of nitrogens with two attached hydrogens (primary N) is 1. The first-order valence-corrected chi connectivity index (χ1v) is 12.8. The summed E-state index contributed by atoms with van der Waals surface area (Å²) in [7, 11) is 1.25. The van der Waals surface area contributed by atoms with Crippen LogP contribution in [0.2, 0.25) is 0 Å². The van der Waals surface area contributed by atoms with E-state index >= 15 is 0 Å². The summed E-state index contributed by atoms with van der Waals surface area (Å²) in [6.07, 6.45) is -1.70. The number of ether oxygens (including phenoxy) is 1. The second-order valence-electron chi connectivity index (χ2n) is 10.1. The maximum Gasteiger partial charge on any atom is 0.426 e. The highest BCUT2D eigenvalue weighted by molar-refractivity contribution is 5.98. The summed E-state index contributed by atoms with van der Waals surface area (Å²) in [5.41, 5.74) is 4.74. The van der Waals surface area contributed by atoms with Crippen LogP contribution in [0.15, 0.2) is 43.1 Å². The SMILES string of the molecule is COc1ncc(-c2cc(-c3cncc(C#N)c3)c3c(N)ncnn23)cc1C(=O)N[C@@H]1CN(C(=O)[C@@](C)(O)C(F)(F)F)C[C@@H]1F. The van der Waals surface area contributed by atoms with Crippen molar-refractivity contribution in [2.45, 2.75) is 30.9 Å². The Morgan fingerprint density at radius 1 is 1.16 bits per heavy atom. The quantitative estimate of drug-likeness (QED) is 0.271. The minimum atomic E-state index is -5.29. The number of nitrogen functional groups attached to an aromatic ring is 1. The highest BCUT2D eigenvalue weighted by Crippen LogP contribution is 2.36. The fraction of sp³-hybridized carbons (Fsp3) is 0.296. The number of halogens is 4. The predicted molar refractivity (Wildman–Crippen MR) is 145 cm³/mol. The third kappa shape index (κ3) is 5.19. The number of aliphatic hydroxyl groups is 1. The molecule has 3 atom stereocenters. The first kappa shape index (κ1) is 30.1. The Balaban J connectivity index is 1.48. The number of fused-ring (bicyclic) bond motifs is 1. The summed E-state index contributed by atoms with van der Waals surface area (Å²) in [6, 6.07) is 5.28. The van der Waals surface area contributed by atoms with Crippen LogP contribution >= 0.6 is 0 Å². The number of nitrogens with one attached hydrogen (secondary N) is 1. The van der Waals surface area contributed by atoms with E-state index in [9.17, 15) is 37.5 Å². The molecule has 4 aromatic rings. The lowest BCUT2D eigenvalue weighted by atomic mass is 10.1. The van der Waals surface area contributed by atoms with E-state index in [1.54, 1.807) is 12.1 Å². The lowest BCUT2D eigenvalue weighted by Crippen LogP contribution is -2.56. The molecule has 0 saturated carbocycles. The van der Waals surface area contributed by atoms with Crippen LogP contribution < -0.4 is 15.8 Å². The normalized spacial score (nSPS) is 18.1. The van der Waals surface area contributed by atoms with Gasteiger partial charge in [0.25, 0.3) is 11.8 Å². The standard InChI is InChI=1S/C27H23F4N9O4/c1-26(43,27(29,30)31)25(42)39-10-18(28)19(11-39)38-23(41)17-4-15(9-35-24(17)44-2)20-5-16(14-3-13(6-32)7-34-8-14)21-22(33)36-12-37-40(20)21/h3-5,7-9,12,18-19,43H,10-11H2,1-2H3,(H,38,41)(H2,33,36,37)/t18-,19+,26+/m0/s1. The predicted octanol–water partition coefficient (Wildman–Crippen LogP) is 1.91. The number of alkyl halides is 4. The molecular formula is C27H23F4N9O4. The largest absolute Gasteiger partial charge is 0.480 e. The number of aromatic nitrogens is 5. The number of rotatable bonds is 6. The number of likely N-dealkylation sites (tertiary alicyclic amines) is 1. The van der Waals surface area contributed by atoms with Gasteiger partial charge in [0.1, 0.15) is 29.6 Å². The zero-order valence-corrected chi connectivity index (χ0v) is 23.0. The van der Waals surface area contributed by atoms with Gasteiger partial charge in [-0.1, -0.05) is 0 Å². The first-order valence-electron chi connectivity index (χ1n) is 12.8. The van der Waals surface area contributed by atoms with Crippen molar-refractivity contribution in [2.75, 3.05) is 25.9 Å². The number of anilines is 1. The average Bonchev–Trinajstić information content (AvgIpc) is 3.57. The Labute approximate surface area is 245 Å². The van der Waals surface area contributed by atoms with E-state index in [1.165, 1.54) is 42.6 Å². The highest BCUT2D eigenvalue weighted by atomic mass is 19.4. The van der Waals surface area contributed by atoms with Crippen LogP contribution in [0.4, 0.5) is 23.4 Å². The number of methoxy groups -OCH3 is 1. The van der Waals surface area contributed by atoms with Crippen molar-refractivity contribution in [2.24, 2.45) is 0 Å². The topological polar surface area (TPSA) is 185 Å². The van der Waals surface area contributed by atoms with Gasteiger partial charge in [-0.3, -0.25) is 14.6 Å². The summed E-state index contributed by atoms with van der Waals surface area (Å²) in [5.74, 6) is -2.66. The van der Waals surface area contributed by atoms with E-state index in [0.29, 0.717) is 38.4 Å². The van der Waals surface area contributed by atoms with E-state index in [2.05, 4.69) is 25.4 Å². The maximum absolute atomic E-state index is 14.8. The smallest absolute Gasteiger partial charge is 0.426 e. The summed E-state index contributed by atoms with van der Waals surface area (Å²) in [6.45, 7) is -1.11. The van der Waals surface area contributed by atoms with Gasteiger partial charge in [0, 0.05) is 41.8 Å². The van der Waals surface area contributed by atoms with Crippen molar-refractivity contribution in [1.82, 2.24) is 34.8 Å². The molecule has 0 aromatic carbocycles. The molecule has 4 N–H and O–H groups in total. The molecular weight excluding hydrogens is 590 g/mol. The third-order valence-electron chi connectivity index (χ3n) is 7.17. The number of amides is 2. The molecule has 17 heteroatoms. The Hall–Kier alpha value is -5.37. The number of carbonyl (C=O) groups excluding carboxylic acids is 2. The summed E-state index contributed by atoms with van der Waals surface area (Å²) in [5, 5.41) is 25.7. The van der Waals surface area contributed by atoms with Crippen LogP contribution in [-0.4, -0.2) is 90.6 Å². The van der Waals surface area contributed by atoms with Crippen molar-refractivity contribution < 1.29 is 37.0 Å². The zero-order valence-electron chi connectivity index (χ0n) is 23.0. The Kier molecular flexibility index (Phi) is 7.55. The van der Waals surface area contributed by atoms with Gasteiger partial charge < -0.3 is 25.8 Å². The molecule has 0 unspecified atom stereocenters. The molecule has 44 heavy (non-hydrogen) atoms. The molecule has 1 saturated heterocycles. The lowest BCUT2D eigenvalue weighted by molar-refractivity contribution is -0.249. The van der Waals surface area contributed by atoms with Crippen molar-refractivity contribution >= 4 is 23.1 Å². The van der Waals surface area contributed by atoms with Gasteiger partial charge in [-0.05, 0) is 25.1 Å². The molecule has 1 aliphatic rings. The number of hydrogen-bond donors (Lipinski definition) is 3. The van der Waals surface area contributed by atoms with Crippen molar-refractivity contribution in [3.8, 4) is 34.3 Å². The van der Waals surface area contributed by atoms with Crippen LogP contribution in [0, 0.1) is 11.3 Å². The van der Waals surface area contributed by atoms with Gasteiger partial charge >= 0.3 is 6.18 Å². The maximum atomic E-state index is 14.8. The van der Waals surface area contributed by atoms with Crippen LogP contribution in [0.25, 0.3) is 27.9 Å². The van der Waals surface area contributed by atoms with Crippen LogP contribution in [0.5, 0.6) is 5.88 Å².